The fraction of sp³-hybridized carbons (Fsp3) is 0.111. The van der Waals surface area contributed by atoms with Gasteiger partial charge in [-0.3, -0.25) is 20.0 Å². The number of amides is 1. The predicted octanol–water partition coefficient (Wildman–Crippen LogP) is 2.64. The SMILES string of the molecule is O=C(NCc1ccc2c(c1)OCO2)c1cc(-c2ccc([N+](=O)[O-])cc2)n[nH]1. The molecule has 0 radical (unpaired) electrons. The molecule has 1 amide bonds. The molecule has 9 nitrogen and oxygen atoms in total. The molecule has 0 saturated heterocycles. The number of rotatable bonds is 5. The van der Waals surface area contributed by atoms with Crippen molar-refractivity contribution in [3.8, 4) is 22.8 Å². The minimum absolute atomic E-state index is 0.00372. The van der Waals surface area contributed by atoms with Gasteiger partial charge in [0.2, 0.25) is 6.79 Å². The van der Waals surface area contributed by atoms with E-state index >= 15 is 0 Å². The van der Waals surface area contributed by atoms with E-state index < -0.39 is 4.92 Å². The Balaban J connectivity index is 1.42. The Kier molecular flexibility index (Phi) is 4.17. The zero-order valence-corrected chi connectivity index (χ0v) is 14.0. The van der Waals surface area contributed by atoms with E-state index in [0.29, 0.717) is 35.0 Å². The molecule has 0 bridgehead atoms. The Morgan fingerprint density at radius 3 is 2.70 bits per heavy atom. The van der Waals surface area contributed by atoms with E-state index in [0.717, 1.165) is 5.56 Å². The average molecular weight is 366 g/mol. The molecule has 2 aromatic carbocycles. The van der Waals surface area contributed by atoms with Crippen molar-refractivity contribution in [1.29, 1.82) is 0 Å². The summed E-state index contributed by atoms with van der Waals surface area (Å²) in [5.74, 6) is 1.03. The van der Waals surface area contributed by atoms with Gasteiger partial charge >= 0.3 is 0 Å². The third-order valence-corrected chi connectivity index (χ3v) is 4.09. The number of non-ortho nitro benzene ring substituents is 1. The molecular weight excluding hydrogens is 352 g/mol. The molecule has 4 rings (SSSR count). The molecule has 1 aromatic heterocycles. The molecule has 2 N–H and O–H groups in total. The number of ether oxygens (including phenoxy) is 2. The van der Waals surface area contributed by atoms with E-state index in [9.17, 15) is 14.9 Å². The average Bonchev–Trinajstić information content (AvgIpc) is 3.35. The molecule has 136 valence electrons. The molecule has 0 unspecified atom stereocenters. The van der Waals surface area contributed by atoms with Crippen LogP contribution in [0.4, 0.5) is 5.69 Å². The Labute approximate surface area is 153 Å². The summed E-state index contributed by atoms with van der Waals surface area (Å²) in [7, 11) is 0. The Morgan fingerprint density at radius 2 is 1.93 bits per heavy atom. The number of aromatic nitrogens is 2. The van der Waals surface area contributed by atoms with Gasteiger partial charge in [-0.2, -0.15) is 5.10 Å². The summed E-state index contributed by atoms with van der Waals surface area (Å²) in [5, 5.41) is 20.3. The molecule has 1 aliphatic heterocycles. The number of hydrogen-bond donors (Lipinski definition) is 2. The molecule has 2 heterocycles. The van der Waals surface area contributed by atoms with Gasteiger partial charge in [-0.25, -0.2) is 0 Å². The van der Waals surface area contributed by atoms with Gasteiger partial charge < -0.3 is 14.8 Å². The maximum atomic E-state index is 12.3. The number of aromatic amines is 1. The number of H-pyrrole nitrogens is 1. The summed E-state index contributed by atoms with van der Waals surface area (Å²) in [6, 6.07) is 13.0. The van der Waals surface area contributed by atoms with Gasteiger partial charge in [0.25, 0.3) is 11.6 Å². The molecule has 0 spiro atoms. The summed E-state index contributed by atoms with van der Waals surface area (Å²) in [5.41, 5.74) is 2.37. The van der Waals surface area contributed by atoms with E-state index in [1.165, 1.54) is 12.1 Å². The highest BCUT2D eigenvalue weighted by atomic mass is 16.7. The molecule has 0 saturated carbocycles. The first-order valence-corrected chi connectivity index (χ1v) is 8.07. The summed E-state index contributed by atoms with van der Waals surface area (Å²) in [6.07, 6.45) is 0. The summed E-state index contributed by atoms with van der Waals surface area (Å²) >= 11 is 0. The lowest BCUT2D eigenvalue weighted by atomic mass is 10.1. The number of nitro benzene ring substituents is 1. The first-order valence-electron chi connectivity index (χ1n) is 8.07. The highest BCUT2D eigenvalue weighted by Crippen LogP contribution is 2.32. The van der Waals surface area contributed by atoms with Crippen molar-refractivity contribution in [1.82, 2.24) is 15.5 Å². The second-order valence-corrected chi connectivity index (χ2v) is 5.84. The quantitative estimate of drug-likeness (QED) is 0.529. The molecule has 0 fully saturated rings. The second-order valence-electron chi connectivity index (χ2n) is 5.84. The van der Waals surface area contributed by atoms with Crippen molar-refractivity contribution in [3.05, 3.63) is 69.9 Å². The van der Waals surface area contributed by atoms with Gasteiger partial charge in [0.1, 0.15) is 5.69 Å². The Morgan fingerprint density at radius 1 is 1.15 bits per heavy atom. The van der Waals surface area contributed by atoms with Gasteiger partial charge in [0.05, 0.1) is 10.6 Å². The number of fused-ring (bicyclic) bond motifs is 1. The van der Waals surface area contributed by atoms with Crippen LogP contribution in [0.2, 0.25) is 0 Å². The van der Waals surface area contributed by atoms with Crippen LogP contribution in [0.1, 0.15) is 16.1 Å². The number of hydrogen-bond acceptors (Lipinski definition) is 6. The van der Waals surface area contributed by atoms with E-state index in [4.69, 9.17) is 9.47 Å². The maximum Gasteiger partial charge on any atom is 0.269 e. The molecule has 9 heteroatoms. The molecule has 27 heavy (non-hydrogen) atoms. The van der Waals surface area contributed by atoms with Crippen LogP contribution in [0.15, 0.2) is 48.5 Å². The summed E-state index contributed by atoms with van der Waals surface area (Å²) in [6.45, 7) is 0.520. The molecular formula is C18H14N4O5. The number of carbonyl (C=O) groups excluding carboxylic acids is 1. The predicted molar refractivity (Wildman–Crippen MR) is 94.4 cm³/mol. The summed E-state index contributed by atoms with van der Waals surface area (Å²) < 4.78 is 10.6. The van der Waals surface area contributed by atoms with Crippen LogP contribution < -0.4 is 14.8 Å². The fourth-order valence-corrected chi connectivity index (χ4v) is 2.67. The van der Waals surface area contributed by atoms with Gasteiger partial charge in [-0.05, 0) is 35.9 Å². The monoisotopic (exact) mass is 366 g/mol. The van der Waals surface area contributed by atoms with Crippen molar-refractivity contribution in [3.63, 3.8) is 0 Å². The first kappa shape index (κ1) is 16.6. The molecule has 0 aliphatic carbocycles. The van der Waals surface area contributed by atoms with Crippen molar-refractivity contribution < 1.29 is 19.2 Å². The van der Waals surface area contributed by atoms with Crippen molar-refractivity contribution in [2.75, 3.05) is 6.79 Å². The largest absolute Gasteiger partial charge is 0.454 e. The zero-order valence-electron chi connectivity index (χ0n) is 14.0. The van der Waals surface area contributed by atoms with Crippen LogP contribution in [0.5, 0.6) is 11.5 Å². The summed E-state index contributed by atoms with van der Waals surface area (Å²) in [4.78, 5) is 22.6. The van der Waals surface area contributed by atoms with E-state index in [-0.39, 0.29) is 18.4 Å². The third kappa shape index (κ3) is 3.43. The van der Waals surface area contributed by atoms with Crippen molar-refractivity contribution >= 4 is 11.6 Å². The number of benzene rings is 2. The smallest absolute Gasteiger partial charge is 0.269 e. The normalized spacial score (nSPS) is 12.0. The van der Waals surface area contributed by atoms with Crippen LogP contribution in [0.25, 0.3) is 11.3 Å². The lowest BCUT2D eigenvalue weighted by molar-refractivity contribution is -0.384. The highest BCUT2D eigenvalue weighted by molar-refractivity contribution is 5.93. The maximum absolute atomic E-state index is 12.3. The Bertz CT molecular complexity index is 1010. The van der Waals surface area contributed by atoms with Crippen molar-refractivity contribution in [2.45, 2.75) is 6.54 Å². The number of nitrogens with one attached hydrogen (secondary N) is 2. The first-order chi connectivity index (χ1) is 13.1. The standard InChI is InChI=1S/C18H14N4O5/c23-18(19-9-11-1-6-16-17(7-11)27-10-26-16)15-8-14(20-21-15)12-2-4-13(5-3-12)22(24)25/h1-8H,9-10H2,(H,19,23)(H,20,21). The molecule has 3 aromatic rings. The second kappa shape index (κ2) is 6.79. The fourth-order valence-electron chi connectivity index (χ4n) is 2.67. The molecule has 1 aliphatic rings. The van der Waals surface area contributed by atoms with Crippen LogP contribution >= 0.6 is 0 Å². The third-order valence-electron chi connectivity index (χ3n) is 4.09. The van der Waals surface area contributed by atoms with Gasteiger partial charge in [-0.15, -0.1) is 0 Å². The minimum Gasteiger partial charge on any atom is -0.454 e. The lowest BCUT2D eigenvalue weighted by Gasteiger charge is -2.04. The highest BCUT2D eigenvalue weighted by Gasteiger charge is 2.15. The van der Waals surface area contributed by atoms with Gasteiger partial charge in [0, 0.05) is 24.2 Å². The lowest BCUT2D eigenvalue weighted by Crippen LogP contribution is -2.23. The van der Waals surface area contributed by atoms with Gasteiger partial charge in [0.15, 0.2) is 11.5 Å². The van der Waals surface area contributed by atoms with E-state index in [1.807, 2.05) is 12.1 Å². The van der Waals surface area contributed by atoms with Crippen LogP contribution in [0.3, 0.4) is 0 Å². The Hall–Kier alpha value is -3.88. The topological polar surface area (TPSA) is 119 Å². The number of nitrogens with zero attached hydrogens (tertiary/aromatic N) is 2. The minimum atomic E-state index is -0.469. The van der Waals surface area contributed by atoms with Crippen LogP contribution in [0, 0.1) is 10.1 Å². The molecule has 0 atom stereocenters. The van der Waals surface area contributed by atoms with Crippen LogP contribution in [-0.2, 0) is 6.54 Å². The number of carbonyl (C=O) groups is 1. The number of nitro groups is 1. The van der Waals surface area contributed by atoms with E-state index in [2.05, 4.69) is 15.5 Å². The van der Waals surface area contributed by atoms with Crippen LogP contribution in [-0.4, -0.2) is 27.8 Å². The van der Waals surface area contributed by atoms with E-state index in [1.54, 1.807) is 24.3 Å². The van der Waals surface area contributed by atoms with Crippen molar-refractivity contribution in [2.24, 2.45) is 0 Å². The zero-order chi connectivity index (χ0) is 18.8. The van der Waals surface area contributed by atoms with Gasteiger partial charge in [-0.1, -0.05) is 6.07 Å².